The van der Waals surface area contributed by atoms with Crippen LogP contribution in [0.2, 0.25) is 0 Å². The maximum atomic E-state index is 11.9. The highest BCUT2D eigenvalue weighted by Crippen LogP contribution is 2.09. The highest BCUT2D eigenvalue weighted by atomic mass is 16.6. The van der Waals surface area contributed by atoms with Crippen molar-refractivity contribution in [2.75, 3.05) is 13.2 Å². The third-order valence-corrected chi connectivity index (χ3v) is 5.58. The number of hydrogen-bond acceptors (Lipinski definition) is 7. The zero-order valence-corrected chi connectivity index (χ0v) is 22.0. The fraction of sp³-hybridized carbons (Fsp3) is 0.226. The fourth-order valence-corrected chi connectivity index (χ4v) is 3.44. The topological polar surface area (TPSA) is 149 Å². The Kier molecular flexibility index (Phi) is 12.1. The molecule has 40 heavy (non-hydrogen) atoms. The lowest BCUT2D eigenvalue weighted by atomic mass is 10.1. The third-order valence-electron chi connectivity index (χ3n) is 5.58. The third kappa shape index (κ3) is 10.5. The summed E-state index contributed by atoms with van der Waals surface area (Å²) in [4.78, 5) is 23.8. The first-order valence-electron chi connectivity index (χ1n) is 12.6. The molecule has 0 saturated carbocycles. The number of carbonyl (C=O) groups is 2. The van der Waals surface area contributed by atoms with Crippen LogP contribution in [0.3, 0.4) is 0 Å². The van der Waals surface area contributed by atoms with Gasteiger partial charge in [0.1, 0.15) is 0 Å². The van der Waals surface area contributed by atoms with E-state index in [2.05, 4.69) is 34.3 Å². The maximum Gasteiger partial charge on any atom is 0.408 e. The average molecular weight is 541 g/mol. The van der Waals surface area contributed by atoms with E-state index in [-0.39, 0.29) is 19.8 Å². The second-order valence-electron chi connectivity index (χ2n) is 8.58. The molecule has 0 saturated heterocycles. The lowest BCUT2D eigenvalue weighted by Gasteiger charge is -2.05. The van der Waals surface area contributed by atoms with E-state index in [0.29, 0.717) is 42.9 Å². The minimum atomic E-state index is -0.582. The van der Waals surface area contributed by atoms with Gasteiger partial charge in [0.15, 0.2) is 13.2 Å². The average Bonchev–Trinajstić information content (AvgIpc) is 2.99. The number of hydrogen-bond donors (Lipinski definition) is 5. The van der Waals surface area contributed by atoms with Gasteiger partial charge in [0.25, 0.3) is 0 Å². The molecule has 206 valence electrons. The second-order valence-corrected chi connectivity index (χ2v) is 8.58. The number of amides is 2. The summed E-state index contributed by atoms with van der Waals surface area (Å²) in [5, 5.41) is 14.9. The minimum Gasteiger partial charge on any atom is -0.436 e. The molecule has 3 aromatic carbocycles. The monoisotopic (exact) mass is 540 g/mol. The van der Waals surface area contributed by atoms with Crippen LogP contribution in [-0.2, 0) is 42.3 Å². The molecular formula is C31H32N4O5. The van der Waals surface area contributed by atoms with Crippen molar-refractivity contribution < 1.29 is 24.2 Å². The molecule has 9 heteroatoms. The van der Waals surface area contributed by atoms with Gasteiger partial charge in [-0.3, -0.25) is 0 Å². The molecule has 0 spiro atoms. The molecule has 0 atom stereocenters. The molecule has 0 aliphatic rings. The Morgan fingerprint density at radius 3 is 1.43 bits per heavy atom. The van der Waals surface area contributed by atoms with E-state index in [9.17, 15) is 14.7 Å². The van der Waals surface area contributed by atoms with Crippen LogP contribution in [0.4, 0.5) is 9.59 Å². The van der Waals surface area contributed by atoms with Crippen LogP contribution in [0.1, 0.15) is 38.9 Å². The van der Waals surface area contributed by atoms with Gasteiger partial charge in [-0.2, -0.15) is 0 Å². The summed E-state index contributed by atoms with van der Waals surface area (Å²) in [5.74, 6) is 11.4. The van der Waals surface area contributed by atoms with E-state index in [1.807, 2.05) is 48.5 Å². The van der Waals surface area contributed by atoms with Gasteiger partial charge >= 0.3 is 12.2 Å². The SMILES string of the molecule is NCc1ccc(CNC(=O)OCC#Cc2cc(C#CCOC(=O)NCc3ccc(CN)cc3)cc(CO)c2)cc1. The molecule has 7 N–H and O–H groups in total. The molecule has 0 radical (unpaired) electrons. The Morgan fingerprint density at radius 1 is 0.650 bits per heavy atom. The summed E-state index contributed by atoms with van der Waals surface area (Å²) >= 11 is 0. The predicted molar refractivity (Wildman–Crippen MR) is 151 cm³/mol. The molecule has 0 aliphatic carbocycles. The molecule has 3 rings (SSSR count). The van der Waals surface area contributed by atoms with Gasteiger partial charge < -0.3 is 36.7 Å². The Hall–Kier alpha value is -4.80. The number of carbonyl (C=O) groups excluding carboxylic acids is 2. The van der Waals surface area contributed by atoms with Gasteiger partial charge in [-0.25, -0.2) is 9.59 Å². The Balaban J connectivity index is 1.44. The van der Waals surface area contributed by atoms with Crippen molar-refractivity contribution in [3.63, 3.8) is 0 Å². The number of aliphatic hydroxyl groups is 1. The Morgan fingerprint density at radius 2 is 1.05 bits per heavy atom. The number of aliphatic hydroxyl groups excluding tert-OH is 1. The van der Waals surface area contributed by atoms with Gasteiger partial charge in [-0.05, 0) is 46.0 Å². The van der Waals surface area contributed by atoms with Gasteiger partial charge in [0, 0.05) is 37.3 Å². The molecule has 0 bridgehead atoms. The molecule has 0 aromatic heterocycles. The van der Waals surface area contributed by atoms with Crippen molar-refractivity contribution in [2.24, 2.45) is 11.5 Å². The summed E-state index contributed by atoms with van der Waals surface area (Å²) in [5.41, 5.74) is 16.9. The quantitative estimate of drug-likeness (QED) is 0.262. The molecule has 0 fully saturated rings. The van der Waals surface area contributed by atoms with Gasteiger partial charge in [0.05, 0.1) is 6.61 Å². The summed E-state index contributed by atoms with van der Waals surface area (Å²) < 4.78 is 10.2. The normalized spacial score (nSPS) is 9.88. The first-order valence-corrected chi connectivity index (χ1v) is 12.6. The molecule has 0 unspecified atom stereocenters. The summed E-state index contributed by atoms with van der Waals surface area (Å²) in [6.07, 6.45) is -1.16. The van der Waals surface area contributed by atoms with Crippen molar-refractivity contribution in [3.05, 3.63) is 106 Å². The van der Waals surface area contributed by atoms with Crippen molar-refractivity contribution in [1.29, 1.82) is 0 Å². The largest absolute Gasteiger partial charge is 0.436 e. The Labute approximate surface area is 233 Å². The number of benzene rings is 3. The molecule has 2 amide bonds. The summed E-state index contributed by atoms with van der Waals surface area (Å²) in [6, 6.07) is 20.3. The highest BCUT2D eigenvalue weighted by Gasteiger charge is 2.03. The van der Waals surface area contributed by atoms with Crippen LogP contribution in [-0.4, -0.2) is 30.5 Å². The smallest absolute Gasteiger partial charge is 0.408 e. The first-order chi connectivity index (χ1) is 19.5. The minimum absolute atomic E-state index is 0.109. The van der Waals surface area contributed by atoms with Crippen molar-refractivity contribution in [2.45, 2.75) is 32.8 Å². The predicted octanol–water partition coefficient (Wildman–Crippen LogP) is 2.65. The number of ether oxygens (including phenoxy) is 2. The lowest BCUT2D eigenvalue weighted by molar-refractivity contribution is 0.158. The van der Waals surface area contributed by atoms with E-state index < -0.39 is 12.2 Å². The highest BCUT2D eigenvalue weighted by molar-refractivity contribution is 5.67. The van der Waals surface area contributed by atoms with E-state index >= 15 is 0 Å². The van der Waals surface area contributed by atoms with E-state index in [4.69, 9.17) is 20.9 Å². The first kappa shape index (κ1) is 29.8. The molecule has 3 aromatic rings. The van der Waals surface area contributed by atoms with Gasteiger partial charge in [-0.15, -0.1) is 0 Å². The molecular weight excluding hydrogens is 508 g/mol. The van der Waals surface area contributed by atoms with Crippen LogP contribution in [0.5, 0.6) is 0 Å². The maximum absolute atomic E-state index is 11.9. The number of alkyl carbamates (subject to hydrolysis) is 2. The van der Waals surface area contributed by atoms with Crippen LogP contribution in [0.25, 0.3) is 0 Å². The zero-order chi connectivity index (χ0) is 28.6. The number of nitrogens with one attached hydrogen (secondary N) is 2. The standard InChI is InChI=1S/C31H32N4O5/c32-18-23-5-9-25(10-6-23)20-34-30(37)39-13-1-3-27-15-28(17-29(16-27)22-36)4-2-14-40-31(38)35-21-26-11-7-24(19-33)8-12-26/h5-12,15-17,36H,13-14,18-22,32-33H2,(H,34,37)(H,35,38). The molecule has 9 nitrogen and oxygen atoms in total. The lowest BCUT2D eigenvalue weighted by Crippen LogP contribution is -2.23. The second kappa shape index (κ2) is 16.2. The molecule has 0 heterocycles. The molecule has 0 aliphatic heterocycles. The van der Waals surface area contributed by atoms with E-state index in [1.54, 1.807) is 18.2 Å². The summed E-state index contributed by atoms with van der Waals surface area (Å²) in [7, 11) is 0. The van der Waals surface area contributed by atoms with Gasteiger partial charge in [-0.1, -0.05) is 72.2 Å². The van der Waals surface area contributed by atoms with Crippen LogP contribution < -0.4 is 22.1 Å². The van der Waals surface area contributed by atoms with Crippen molar-refractivity contribution >= 4 is 12.2 Å². The van der Waals surface area contributed by atoms with Crippen LogP contribution in [0.15, 0.2) is 66.7 Å². The van der Waals surface area contributed by atoms with Crippen molar-refractivity contribution in [1.82, 2.24) is 10.6 Å². The number of nitrogens with two attached hydrogens (primary N) is 2. The van der Waals surface area contributed by atoms with Crippen LogP contribution >= 0.6 is 0 Å². The summed E-state index contributed by atoms with van der Waals surface area (Å²) in [6.45, 7) is 1.16. The fourth-order valence-electron chi connectivity index (χ4n) is 3.44. The number of rotatable bonds is 9. The van der Waals surface area contributed by atoms with Gasteiger partial charge in [0.2, 0.25) is 0 Å². The zero-order valence-electron chi connectivity index (χ0n) is 22.0. The Bertz CT molecular complexity index is 1290. The van der Waals surface area contributed by atoms with Crippen LogP contribution in [0, 0.1) is 23.7 Å². The van der Waals surface area contributed by atoms with E-state index in [1.165, 1.54) is 0 Å². The van der Waals surface area contributed by atoms with Crippen molar-refractivity contribution in [3.8, 4) is 23.7 Å². The van der Waals surface area contributed by atoms with E-state index in [0.717, 1.165) is 22.3 Å².